The molecule has 2 aromatic rings. The second-order valence-electron chi connectivity index (χ2n) is 7.70. The van der Waals surface area contributed by atoms with Gasteiger partial charge < -0.3 is 0 Å². The Labute approximate surface area is 155 Å². The van der Waals surface area contributed by atoms with Gasteiger partial charge in [0.2, 0.25) is 0 Å². The van der Waals surface area contributed by atoms with Crippen LogP contribution in [0, 0.1) is 10.8 Å². The number of rotatable bonds is 0. The molecule has 0 N–H and O–H groups in total. The average molecular weight is 406 g/mol. The van der Waals surface area contributed by atoms with Crippen molar-refractivity contribution in [2.75, 3.05) is 0 Å². The molecule has 0 spiro atoms. The van der Waals surface area contributed by atoms with Gasteiger partial charge in [-0.1, -0.05) is 48.5 Å². The van der Waals surface area contributed by atoms with Gasteiger partial charge in [0.25, 0.3) is 23.7 Å². The lowest BCUT2D eigenvalue weighted by atomic mass is 9.48. The van der Waals surface area contributed by atoms with E-state index in [0.717, 1.165) is 0 Å². The summed E-state index contributed by atoms with van der Waals surface area (Å²) in [6, 6.07) is 4.69. The predicted molar refractivity (Wildman–Crippen MR) is 84.7 cm³/mol. The second kappa shape index (κ2) is 4.89. The number of benzene rings is 2. The van der Waals surface area contributed by atoms with E-state index in [9.17, 15) is 0 Å². The minimum atomic E-state index is -4.70. The summed E-state index contributed by atoms with van der Waals surface area (Å²) in [7, 11) is 0. The van der Waals surface area contributed by atoms with Crippen LogP contribution >= 0.6 is 0 Å². The minimum absolute atomic E-state index is 0.140. The predicted octanol–water partition coefficient (Wildman–Crippen LogP) is 6.79. The van der Waals surface area contributed by atoms with E-state index in [2.05, 4.69) is 0 Å². The maximum Gasteiger partial charge on any atom is 0.285 e. The van der Waals surface area contributed by atoms with Gasteiger partial charge in [0.05, 0.1) is 0 Å². The number of fused-ring (bicyclic) bond motifs is 4. The molecule has 0 fully saturated rings. The van der Waals surface area contributed by atoms with Crippen molar-refractivity contribution in [3.05, 3.63) is 70.8 Å². The van der Waals surface area contributed by atoms with Crippen molar-refractivity contribution < 1.29 is 35.1 Å². The first-order valence-electron chi connectivity index (χ1n) is 8.40. The Balaban J connectivity index is 2.29. The maximum atomic E-state index is 15.6. The summed E-state index contributed by atoms with van der Waals surface area (Å²) in [4.78, 5) is 0. The van der Waals surface area contributed by atoms with Crippen LogP contribution < -0.4 is 0 Å². The fourth-order valence-electron chi connectivity index (χ4n) is 4.58. The summed E-state index contributed by atoms with van der Waals surface area (Å²) in [5.41, 5.74) is -12.4. The topological polar surface area (TPSA) is 0 Å². The van der Waals surface area contributed by atoms with E-state index in [1.807, 2.05) is 0 Å². The Bertz CT molecular complexity index is 792. The molecule has 0 atom stereocenters. The van der Waals surface area contributed by atoms with Crippen molar-refractivity contribution in [2.45, 2.75) is 37.5 Å². The lowest BCUT2D eigenvalue weighted by molar-refractivity contribution is -0.393. The van der Waals surface area contributed by atoms with Gasteiger partial charge in [-0.15, -0.1) is 0 Å². The fourth-order valence-corrected chi connectivity index (χ4v) is 4.58. The van der Waals surface area contributed by atoms with E-state index in [-0.39, 0.29) is 13.8 Å². The second-order valence-corrected chi connectivity index (χ2v) is 7.70. The highest BCUT2D eigenvalue weighted by Crippen LogP contribution is 2.77. The van der Waals surface area contributed by atoms with Gasteiger partial charge in [-0.25, -0.2) is 35.1 Å². The largest absolute Gasteiger partial charge is 0.285 e. The standard InChI is InChI=1S/C20H14F8/c1-15-16(2,19(25,26)13-7-3-11(4-8-13)17(15,21)22)20(27,28)14-9-5-12(6-10-14)18(15,23)24/h3-10H,1-2H3/t15-,16+. The number of hydrogen-bond donors (Lipinski definition) is 0. The van der Waals surface area contributed by atoms with E-state index in [1.54, 1.807) is 0 Å². The summed E-state index contributed by atoms with van der Waals surface area (Å²) in [6.07, 6.45) is 0. The van der Waals surface area contributed by atoms with Crippen LogP contribution in [0.4, 0.5) is 35.1 Å². The first kappa shape index (κ1) is 19.2. The van der Waals surface area contributed by atoms with Gasteiger partial charge in [-0.3, -0.25) is 0 Å². The van der Waals surface area contributed by atoms with E-state index < -0.39 is 56.8 Å². The quantitative estimate of drug-likeness (QED) is 0.423. The van der Waals surface area contributed by atoms with Crippen LogP contribution in [0.1, 0.15) is 36.1 Å². The third-order valence-electron chi connectivity index (χ3n) is 6.73. The molecule has 0 heterocycles. The van der Waals surface area contributed by atoms with E-state index in [0.29, 0.717) is 48.5 Å². The third kappa shape index (κ3) is 1.66. The molecule has 8 heteroatoms. The lowest BCUT2D eigenvalue weighted by Gasteiger charge is -2.60. The van der Waals surface area contributed by atoms with Crippen molar-refractivity contribution in [1.82, 2.24) is 0 Å². The van der Waals surface area contributed by atoms with Crippen LogP contribution in [0.15, 0.2) is 48.5 Å². The minimum Gasteiger partial charge on any atom is -0.200 e. The zero-order chi connectivity index (χ0) is 21.0. The van der Waals surface area contributed by atoms with E-state index in [4.69, 9.17) is 0 Å². The van der Waals surface area contributed by atoms with E-state index in [1.165, 1.54) is 0 Å². The molecule has 0 aliphatic heterocycles. The van der Waals surface area contributed by atoms with Gasteiger partial charge >= 0.3 is 0 Å². The Hall–Kier alpha value is -2.12. The van der Waals surface area contributed by atoms with Crippen molar-refractivity contribution >= 4 is 0 Å². The van der Waals surface area contributed by atoms with Gasteiger partial charge in [0.15, 0.2) is 0 Å². The molecular formula is C20H14F8. The first-order valence-corrected chi connectivity index (χ1v) is 8.40. The van der Waals surface area contributed by atoms with Crippen LogP contribution in [0.5, 0.6) is 0 Å². The molecule has 150 valence electrons. The maximum absolute atomic E-state index is 15.6. The van der Waals surface area contributed by atoms with Crippen LogP contribution in [-0.4, -0.2) is 0 Å². The molecule has 0 saturated carbocycles. The number of halogens is 8. The Kier molecular flexibility index (Phi) is 3.35. The summed E-state index contributed by atoms with van der Waals surface area (Å²) >= 11 is 0. The smallest absolute Gasteiger partial charge is 0.200 e. The molecule has 0 unspecified atom stereocenters. The highest BCUT2D eigenvalue weighted by Gasteiger charge is 2.86. The first-order chi connectivity index (χ1) is 12.7. The van der Waals surface area contributed by atoms with Crippen molar-refractivity contribution in [3.63, 3.8) is 0 Å². The van der Waals surface area contributed by atoms with Crippen LogP contribution in [0.25, 0.3) is 0 Å². The number of alkyl halides is 8. The van der Waals surface area contributed by atoms with Gasteiger partial charge in [0, 0.05) is 22.3 Å². The average Bonchev–Trinajstić information content (AvgIpc) is 2.65. The lowest BCUT2D eigenvalue weighted by Crippen LogP contribution is -2.69. The molecule has 2 aromatic carbocycles. The molecule has 0 amide bonds. The van der Waals surface area contributed by atoms with Crippen LogP contribution in [0.3, 0.4) is 0 Å². The van der Waals surface area contributed by atoms with Gasteiger partial charge in [0.1, 0.15) is 10.8 Å². The molecule has 28 heavy (non-hydrogen) atoms. The molecule has 0 aromatic heterocycles. The zero-order valence-corrected chi connectivity index (χ0v) is 14.6. The summed E-state index contributed by atoms with van der Waals surface area (Å²) in [5, 5.41) is 0. The monoisotopic (exact) mass is 406 g/mol. The third-order valence-corrected chi connectivity index (χ3v) is 6.73. The molecule has 4 aliphatic carbocycles. The van der Waals surface area contributed by atoms with Gasteiger partial charge in [-0.05, 0) is 13.8 Å². The normalized spacial score (nSPS) is 33.4. The summed E-state index contributed by atoms with van der Waals surface area (Å²) in [5.74, 6) is -18.8. The molecule has 0 saturated heterocycles. The Morgan fingerprint density at radius 2 is 0.536 bits per heavy atom. The number of hydrogen-bond acceptors (Lipinski definition) is 0. The Morgan fingerprint density at radius 3 is 0.679 bits per heavy atom. The zero-order valence-electron chi connectivity index (χ0n) is 14.6. The molecular weight excluding hydrogens is 392 g/mol. The molecule has 6 rings (SSSR count). The van der Waals surface area contributed by atoms with E-state index >= 15 is 35.1 Å². The molecule has 4 bridgehead atoms. The highest BCUT2D eigenvalue weighted by molar-refractivity contribution is 5.44. The van der Waals surface area contributed by atoms with Crippen LogP contribution in [-0.2, 0) is 23.7 Å². The van der Waals surface area contributed by atoms with Crippen LogP contribution in [0.2, 0.25) is 0 Å². The summed E-state index contributed by atoms with van der Waals surface area (Å²) < 4.78 is 124. The molecule has 4 aliphatic rings. The Morgan fingerprint density at radius 1 is 0.393 bits per heavy atom. The van der Waals surface area contributed by atoms with Crippen molar-refractivity contribution in [2.24, 2.45) is 10.8 Å². The fraction of sp³-hybridized carbons (Fsp3) is 0.400. The molecule has 0 radical (unpaired) electrons. The van der Waals surface area contributed by atoms with Gasteiger partial charge in [-0.2, -0.15) is 0 Å². The van der Waals surface area contributed by atoms with Crippen molar-refractivity contribution in [3.8, 4) is 0 Å². The molecule has 0 nitrogen and oxygen atoms in total. The summed E-state index contributed by atoms with van der Waals surface area (Å²) in [6.45, 7) is 0.279. The van der Waals surface area contributed by atoms with Crippen molar-refractivity contribution in [1.29, 1.82) is 0 Å². The highest BCUT2D eigenvalue weighted by atomic mass is 19.3. The SMILES string of the molecule is C[C@]12C(F)(F)c3ccc(cc3)C(F)(F)[C@@]1(C)C(F)(F)c1ccc(cc1)C2(F)F.